The van der Waals surface area contributed by atoms with Gasteiger partial charge in [-0.05, 0) is 52.2 Å². The van der Waals surface area contributed by atoms with Gasteiger partial charge < -0.3 is 15.3 Å². The summed E-state index contributed by atoms with van der Waals surface area (Å²) in [7, 11) is 2.20. The minimum atomic E-state index is 0.279. The predicted molar refractivity (Wildman–Crippen MR) is 64.0 cm³/mol. The summed E-state index contributed by atoms with van der Waals surface area (Å²) in [4.78, 5) is 2.40. The first kappa shape index (κ1) is 12.9. The van der Waals surface area contributed by atoms with E-state index in [2.05, 4.69) is 31.1 Å². The highest BCUT2D eigenvalue weighted by Crippen LogP contribution is 2.12. The van der Waals surface area contributed by atoms with Gasteiger partial charge in [-0.15, -0.1) is 0 Å². The summed E-state index contributed by atoms with van der Waals surface area (Å²) in [5, 5.41) is 12.7. The lowest BCUT2D eigenvalue weighted by Crippen LogP contribution is -2.41. The van der Waals surface area contributed by atoms with Crippen molar-refractivity contribution in [3.8, 4) is 0 Å². The molecule has 3 unspecified atom stereocenters. The molecule has 0 bridgehead atoms. The van der Waals surface area contributed by atoms with Crippen molar-refractivity contribution < 1.29 is 5.11 Å². The van der Waals surface area contributed by atoms with Crippen molar-refractivity contribution in [2.24, 2.45) is 5.92 Å². The Morgan fingerprint density at radius 3 is 2.73 bits per heavy atom. The van der Waals surface area contributed by atoms with Gasteiger partial charge in [0.05, 0.1) is 0 Å². The predicted octanol–water partition coefficient (Wildman–Crippen LogP) is 1.08. The summed E-state index contributed by atoms with van der Waals surface area (Å²) in [6.07, 6.45) is 3.79. The van der Waals surface area contributed by atoms with Gasteiger partial charge >= 0.3 is 0 Å². The van der Waals surface area contributed by atoms with E-state index >= 15 is 0 Å². The van der Waals surface area contributed by atoms with E-state index in [9.17, 15) is 0 Å². The lowest BCUT2D eigenvalue weighted by Gasteiger charge is -2.25. The van der Waals surface area contributed by atoms with E-state index in [0.717, 1.165) is 0 Å². The van der Waals surface area contributed by atoms with E-state index < -0.39 is 0 Å². The van der Waals surface area contributed by atoms with E-state index in [-0.39, 0.29) is 6.61 Å². The molecule has 1 heterocycles. The molecule has 1 aliphatic heterocycles. The van der Waals surface area contributed by atoms with Crippen LogP contribution in [-0.4, -0.2) is 48.8 Å². The van der Waals surface area contributed by atoms with Crippen LogP contribution in [0.2, 0.25) is 0 Å². The van der Waals surface area contributed by atoms with Crippen LogP contribution in [0, 0.1) is 5.92 Å². The Kier molecular flexibility index (Phi) is 5.58. The highest BCUT2D eigenvalue weighted by atomic mass is 16.3. The van der Waals surface area contributed by atoms with Gasteiger partial charge in [-0.1, -0.05) is 6.92 Å². The first-order valence-electron chi connectivity index (χ1n) is 6.19. The van der Waals surface area contributed by atoms with Crippen LogP contribution in [0.25, 0.3) is 0 Å². The molecule has 0 aromatic carbocycles. The van der Waals surface area contributed by atoms with Crippen molar-refractivity contribution >= 4 is 0 Å². The number of rotatable bonds is 4. The number of hydrogen-bond donors (Lipinski definition) is 2. The topological polar surface area (TPSA) is 35.5 Å². The molecular formula is C12H26N2O. The zero-order valence-corrected chi connectivity index (χ0v) is 10.4. The second kappa shape index (κ2) is 6.46. The molecule has 0 aromatic heterocycles. The molecule has 0 spiro atoms. The van der Waals surface area contributed by atoms with Gasteiger partial charge in [0.25, 0.3) is 0 Å². The standard InChI is InChI=1S/C12H26N2O/c1-10(9-15)11(2)13-12-5-4-7-14(3)8-6-12/h10-13,15H,4-9H2,1-3H3. The number of aliphatic hydroxyl groups is 1. The van der Waals surface area contributed by atoms with Gasteiger partial charge in [-0.2, -0.15) is 0 Å². The van der Waals surface area contributed by atoms with Gasteiger partial charge in [-0.25, -0.2) is 0 Å². The summed E-state index contributed by atoms with van der Waals surface area (Å²) < 4.78 is 0. The summed E-state index contributed by atoms with van der Waals surface area (Å²) in [6, 6.07) is 1.06. The van der Waals surface area contributed by atoms with Crippen LogP contribution in [0.4, 0.5) is 0 Å². The van der Waals surface area contributed by atoms with Gasteiger partial charge in [0, 0.05) is 18.7 Å². The normalized spacial score (nSPS) is 28.4. The van der Waals surface area contributed by atoms with E-state index in [0.29, 0.717) is 18.0 Å². The molecule has 90 valence electrons. The Hall–Kier alpha value is -0.120. The Labute approximate surface area is 93.9 Å². The highest BCUT2D eigenvalue weighted by Gasteiger charge is 2.18. The van der Waals surface area contributed by atoms with Crippen LogP contribution in [0.3, 0.4) is 0 Å². The largest absolute Gasteiger partial charge is 0.396 e. The Morgan fingerprint density at radius 2 is 2.07 bits per heavy atom. The smallest absolute Gasteiger partial charge is 0.0471 e. The average Bonchev–Trinajstić information content (AvgIpc) is 2.42. The van der Waals surface area contributed by atoms with Crippen LogP contribution in [-0.2, 0) is 0 Å². The van der Waals surface area contributed by atoms with Crippen molar-refractivity contribution in [1.29, 1.82) is 0 Å². The SMILES string of the molecule is CC(CO)C(C)NC1CCCN(C)CC1. The third kappa shape index (κ3) is 4.49. The third-order valence-electron chi connectivity index (χ3n) is 3.59. The lowest BCUT2D eigenvalue weighted by atomic mass is 10.0. The van der Waals surface area contributed by atoms with Crippen molar-refractivity contribution in [2.75, 3.05) is 26.7 Å². The van der Waals surface area contributed by atoms with Crippen molar-refractivity contribution in [3.05, 3.63) is 0 Å². The molecule has 3 atom stereocenters. The Bertz CT molecular complexity index is 175. The van der Waals surface area contributed by atoms with Crippen molar-refractivity contribution in [2.45, 2.75) is 45.2 Å². The summed E-state index contributed by atoms with van der Waals surface area (Å²) >= 11 is 0. The van der Waals surface area contributed by atoms with Gasteiger partial charge in [0.15, 0.2) is 0 Å². The molecule has 3 heteroatoms. The molecule has 3 nitrogen and oxygen atoms in total. The number of nitrogens with one attached hydrogen (secondary N) is 1. The monoisotopic (exact) mass is 214 g/mol. The molecule has 0 amide bonds. The third-order valence-corrected chi connectivity index (χ3v) is 3.59. The zero-order valence-electron chi connectivity index (χ0n) is 10.4. The van der Waals surface area contributed by atoms with Crippen molar-refractivity contribution in [3.63, 3.8) is 0 Å². The van der Waals surface area contributed by atoms with Gasteiger partial charge in [0.2, 0.25) is 0 Å². The van der Waals surface area contributed by atoms with Gasteiger partial charge in [0.1, 0.15) is 0 Å². The number of nitrogens with zero attached hydrogens (tertiary/aromatic N) is 1. The molecule has 1 fully saturated rings. The molecular weight excluding hydrogens is 188 g/mol. The maximum absolute atomic E-state index is 9.08. The zero-order chi connectivity index (χ0) is 11.3. The molecule has 1 aliphatic rings. The van der Waals surface area contributed by atoms with E-state index in [4.69, 9.17) is 5.11 Å². The van der Waals surface area contributed by atoms with E-state index in [1.807, 2.05) is 0 Å². The van der Waals surface area contributed by atoms with E-state index in [1.54, 1.807) is 0 Å². The fraction of sp³-hybridized carbons (Fsp3) is 1.00. The van der Waals surface area contributed by atoms with Crippen LogP contribution < -0.4 is 5.32 Å². The van der Waals surface area contributed by atoms with Crippen LogP contribution >= 0.6 is 0 Å². The molecule has 1 rings (SSSR count). The van der Waals surface area contributed by atoms with Gasteiger partial charge in [-0.3, -0.25) is 0 Å². The second-order valence-electron chi connectivity index (χ2n) is 5.05. The molecule has 1 saturated heterocycles. The molecule has 0 radical (unpaired) electrons. The maximum Gasteiger partial charge on any atom is 0.0471 e. The number of aliphatic hydroxyl groups excluding tert-OH is 1. The number of likely N-dealkylation sites (tertiary alicyclic amines) is 1. The minimum absolute atomic E-state index is 0.279. The molecule has 2 N–H and O–H groups in total. The molecule has 0 aliphatic carbocycles. The first-order chi connectivity index (χ1) is 7.13. The van der Waals surface area contributed by atoms with Crippen molar-refractivity contribution in [1.82, 2.24) is 10.2 Å². The minimum Gasteiger partial charge on any atom is -0.396 e. The fourth-order valence-corrected chi connectivity index (χ4v) is 2.10. The summed E-state index contributed by atoms with van der Waals surface area (Å²) in [6.45, 7) is 6.97. The first-order valence-corrected chi connectivity index (χ1v) is 6.19. The highest BCUT2D eigenvalue weighted by molar-refractivity contribution is 4.78. The summed E-state index contributed by atoms with van der Waals surface area (Å²) in [5.74, 6) is 0.353. The molecule has 0 aromatic rings. The lowest BCUT2D eigenvalue weighted by molar-refractivity contribution is 0.198. The maximum atomic E-state index is 9.08. The van der Waals surface area contributed by atoms with Crippen LogP contribution in [0.15, 0.2) is 0 Å². The molecule has 15 heavy (non-hydrogen) atoms. The fourth-order valence-electron chi connectivity index (χ4n) is 2.10. The van der Waals surface area contributed by atoms with E-state index in [1.165, 1.54) is 32.4 Å². The van der Waals surface area contributed by atoms with Crippen LogP contribution in [0.5, 0.6) is 0 Å². The average molecular weight is 214 g/mol. The number of hydrogen-bond acceptors (Lipinski definition) is 3. The Morgan fingerprint density at radius 1 is 1.33 bits per heavy atom. The molecule has 0 saturated carbocycles. The summed E-state index contributed by atoms with van der Waals surface area (Å²) in [5.41, 5.74) is 0. The Balaban J connectivity index is 2.30. The quantitative estimate of drug-likeness (QED) is 0.735. The second-order valence-corrected chi connectivity index (χ2v) is 5.05. The van der Waals surface area contributed by atoms with Crippen LogP contribution in [0.1, 0.15) is 33.1 Å².